The average Bonchev–Trinajstić information content (AvgIpc) is 3.46. The smallest absolute Gasteiger partial charge is 0.0534 e. The standard InChI is InChI=1S/C21H25.C11H15.C3H6.2ClH.Zr/c1-20(2,3)16-7-9-18-14(12-16)11-15-13-17(21(4,5)6)8-10-19(15)18;1-2-6-10(7-3-1)11-8-4-5-9-11;1-3-2;;;/h7-10,12H,11H2,1-6H3;8-10H,1-4,6-7H2;1-2H3;2*1H;/q2*-1;;;;+2. The molecule has 0 atom stereocenters. The van der Waals surface area contributed by atoms with Crippen molar-refractivity contribution in [1.29, 1.82) is 0 Å². The first-order valence-electron chi connectivity index (χ1n) is 13.8. The maximum atomic E-state index is 3.67. The Balaban J connectivity index is 0.000000358. The SMILES string of the molecule is CC(C)(C)c1[c-]c2c(cc1)-c1ccc(C(C)(C)C)cc1C2.C[C](C)=[Zr+2].Cl.Cl.[C-]1=CC(C2CCCCC2)=CC1. The molecule has 3 aliphatic rings. The minimum atomic E-state index is 0. The Morgan fingerprint density at radius 1 is 0.842 bits per heavy atom. The largest absolute Gasteiger partial charge is 0.273 e. The van der Waals surface area contributed by atoms with Gasteiger partial charge in [0.1, 0.15) is 0 Å². The summed E-state index contributed by atoms with van der Waals surface area (Å²) in [6.07, 6.45) is 17.1. The Morgan fingerprint density at radius 2 is 1.45 bits per heavy atom. The van der Waals surface area contributed by atoms with Gasteiger partial charge in [-0.15, -0.1) is 42.4 Å². The van der Waals surface area contributed by atoms with E-state index in [0.29, 0.717) is 0 Å². The van der Waals surface area contributed by atoms with E-state index in [1.165, 1.54) is 68.7 Å². The summed E-state index contributed by atoms with van der Waals surface area (Å²) in [5.74, 6) is 0.888. The van der Waals surface area contributed by atoms with Crippen molar-refractivity contribution < 1.29 is 24.2 Å². The third-order valence-corrected chi connectivity index (χ3v) is 7.26. The van der Waals surface area contributed by atoms with Gasteiger partial charge in [-0.2, -0.15) is 35.4 Å². The van der Waals surface area contributed by atoms with Gasteiger partial charge in [-0.1, -0.05) is 103 Å². The first kappa shape index (κ1) is 35.3. The van der Waals surface area contributed by atoms with Crippen molar-refractivity contribution in [3.05, 3.63) is 82.5 Å². The van der Waals surface area contributed by atoms with Crippen LogP contribution in [0, 0.1) is 18.1 Å². The van der Waals surface area contributed by atoms with Crippen LogP contribution in [0.5, 0.6) is 0 Å². The second-order valence-corrected chi connectivity index (χ2v) is 15.4. The van der Waals surface area contributed by atoms with Crippen LogP contribution in [0.25, 0.3) is 11.1 Å². The summed E-state index contributed by atoms with van der Waals surface area (Å²) >= 11 is 1.55. The minimum absolute atomic E-state index is 0. The molecule has 3 heteroatoms. The zero-order valence-corrected chi connectivity index (χ0v) is 29.0. The predicted molar refractivity (Wildman–Crippen MR) is 169 cm³/mol. The van der Waals surface area contributed by atoms with E-state index in [1.54, 1.807) is 29.8 Å². The number of fused-ring (bicyclic) bond motifs is 3. The normalized spacial score (nSPS) is 15.9. The van der Waals surface area contributed by atoms with Gasteiger partial charge in [0.15, 0.2) is 0 Å². The van der Waals surface area contributed by atoms with Gasteiger partial charge in [-0.25, -0.2) is 6.08 Å². The molecule has 0 unspecified atom stereocenters. The van der Waals surface area contributed by atoms with Crippen LogP contribution in [-0.4, -0.2) is 3.21 Å². The summed E-state index contributed by atoms with van der Waals surface area (Å²) in [5, 5.41) is 0. The second-order valence-electron chi connectivity index (χ2n) is 12.9. The van der Waals surface area contributed by atoms with E-state index >= 15 is 0 Å². The first-order chi connectivity index (χ1) is 16.9. The molecule has 0 aromatic heterocycles. The summed E-state index contributed by atoms with van der Waals surface area (Å²) in [6, 6.07) is 15.2. The van der Waals surface area contributed by atoms with Gasteiger partial charge in [-0.05, 0) is 28.4 Å². The first-order valence-corrected chi connectivity index (χ1v) is 15.1. The maximum Gasteiger partial charge on any atom is -0.0534 e. The average molecular weight is 631 g/mol. The fraction of sp³-hybridized carbons (Fsp3) is 0.514. The van der Waals surface area contributed by atoms with Crippen molar-refractivity contribution >= 4 is 28.0 Å². The van der Waals surface area contributed by atoms with Gasteiger partial charge in [0, 0.05) is 0 Å². The molecule has 0 saturated heterocycles. The predicted octanol–water partition coefficient (Wildman–Crippen LogP) is 10.5. The summed E-state index contributed by atoms with van der Waals surface area (Å²) < 4.78 is 1.51. The van der Waals surface area contributed by atoms with E-state index < -0.39 is 0 Å². The molecule has 0 aliphatic heterocycles. The molecule has 2 aromatic carbocycles. The van der Waals surface area contributed by atoms with E-state index in [2.05, 4.69) is 110 Å². The van der Waals surface area contributed by atoms with Crippen molar-refractivity contribution in [2.45, 2.75) is 111 Å². The van der Waals surface area contributed by atoms with Crippen molar-refractivity contribution in [3.8, 4) is 11.1 Å². The number of hydrogen-bond acceptors (Lipinski definition) is 0. The summed E-state index contributed by atoms with van der Waals surface area (Å²) in [4.78, 5) is 0. The molecular weight excluding hydrogens is 583 g/mol. The minimum Gasteiger partial charge on any atom is -0.273 e. The van der Waals surface area contributed by atoms with Crippen LogP contribution in [0.4, 0.5) is 0 Å². The van der Waals surface area contributed by atoms with Crippen LogP contribution in [0.1, 0.15) is 116 Å². The zero-order chi connectivity index (χ0) is 26.5. The molecule has 0 N–H and O–H groups in total. The van der Waals surface area contributed by atoms with E-state index in [-0.39, 0.29) is 35.6 Å². The van der Waals surface area contributed by atoms with Gasteiger partial charge >= 0.3 is 41.3 Å². The molecular formula is C35H48Cl2Zr. The molecule has 3 aliphatic carbocycles. The molecule has 38 heavy (non-hydrogen) atoms. The van der Waals surface area contributed by atoms with Gasteiger partial charge < -0.3 is 0 Å². The van der Waals surface area contributed by atoms with Crippen LogP contribution in [0.3, 0.4) is 0 Å². The van der Waals surface area contributed by atoms with Crippen molar-refractivity contribution in [2.75, 3.05) is 0 Å². The monoisotopic (exact) mass is 628 g/mol. The van der Waals surface area contributed by atoms with E-state index in [9.17, 15) is 0 Å². The molecule has 0 heterocycles. The summed E-state index contributed by atoms with van der Waals surface area (Å²) in [5.41, 5.74) is 10.3. The Bertz CT molecular complexity index is 1050. The number of rotatable bonds is 1. The number of halogens is 2. The van der Waals surface area contributed by atoms with E-state index in [4.69, 9.17) is 0 Å². The molecule has 0 nitrogen and oxygen atoms in total. The molecule has 0 bridgehead atoms. The quantitative estimate of drug-likeness (QED) is 0.235. The molecule has 5 rings (SSSR count). The van der Waals surface area contributed by atoms with Crippen molar-refractivity contribution in [2.24, 2.45) is 5.92 Å². The zero-order valence-electron chi connectivity index (χ0n) is 24.9. The number of benzene rings is 2. The third-order valence-electron chi connectivity index (χ3n) is 7.26. The van der Waals surface area contributed by atoms with Crippen molar-refractivity contribution in [1.82, 2.24) is 0 Å². The molecule has 0 radical (unpaired) electrons. The molecule has 1 fully saturated rings. The maximum absolute atomic E-state index is 3.67. The van der Waals surface area contributed by atoms with Crippen molar-refractivity contribution in [3.63, 3.8) is 0 Å². The van der Waals surface area contributed by atoms with Gasteiger partial charge in [-0.3, -0.25) is 6.08 Å². The van der Waals surface area contributed by atoms with Crippen LogP contribution in [0.2, 0.25) is 0 Å². The summed E-state index contributed by atoms with van der Waals surface area (Å²) in [6.45, 7) is 17.8. The Kier molecular flexibility index (Phi) is 14.2. The molecule has 0 spiro atoms. The van der Waals surface area contributed by atoms with E-state index in [0.717, 1.165) is 18.8 Å². The number of allylic oxidation sites excluding steroid dienone is 4. The van der Waals surface area contributed by atoms with E-state index in [1.807, 2.05) is 0 Å². The molecule has 2 aromatic rings. The third kappa shape index (κ3) is 10.0. The second kappa shape index (κ2) is 15.3. The summed E-state index contributed by atoms with van der Waals surface area (Å²) in [7, 11) is 0. The molecule has 206 valence electrons. The molecule has 0 amide bonds. The Morgan fingerprint density at radius 3 is 1.97 bits per heavy atom. The number of hydrogen-bond donors (Lipinski definition) is 0. The van der Waals surface area contributed by atoms with Crippen LogP contribution < -0.4 is 0 Å². The fourth-order valence-electron chi connectivity index (χ4n) is 5.16. The van der Waals surface area contributed by atoms with Gasteiger partial charge in [0.05, 0.1) is 0 Å². The Labute approximate surface area is 261 Å². The van der Waals surface area contributed by atoms with Gasteiger partial charge in [0.25, 0.3) is 0 Å². The molecule has 1 saturated carbocycles. The Hall–Kier alpha value is -0.747. The van der Waals surface area contributed by atoms with Gasteiger partial charge in [0.2, 0.25) is 0 Å². The van der Waals surface area contributed by atoms with Crippen LogP contribution in [0.15, 0.2) is 48.1 Å². The van der Waals surface area contributed by atoms with Crippen LogP contribution >= 0.6 is 24.8 Å². The topological polar surface area (TPSA) is 0 Å². The van der Waals surface area contributed by atoms with Crippen LogP contribution in [-0.2, 0) is 41.5 Å². The fourth-order valence-corrected chi connectivity index (χ4v) is 5.16.